The van der Waals surface area contributed by atoms with Crippen molar-refractivity contribution in [3.05, 3.63) is 112 Å². The van der Waals surface area contributed by atoms with Gasteiger partial charge in [0.15, 0.2) is 0 Å². The van der Waals surface area contributed by atoms with Gasteiger partial charge in [-0.1, -0.05) is 84.4 Å². The summed E-state index contributed by atoms with van der Waals surface area (Å²) in [5.74, 6) is 0. The van der Waals surface area contributed by atoms with Gasteiger partial charge in [0.2, 0.25) is 0 Å². The molecule has 0 radical (unpaired) electrons. The van der Waals surface area contributed by atoms with E-state index in [4.69, 9.17) is 4.74 Å². The number of carbonyl (C=O) groups is 1. The second kappa shape index (κ2) is 9.44. The molecular weight excluding hydrogens is 394 g/mol. The van der Waals surface area contributed by atoms with Crippen LogP contribution in [-0.4, -0.2) is 12.1 Å². The van der Waals surface area contributed by atoms with Crippen LogP contribution in [0.2, 0.25) is 0 Å². The Labute approximate surface area is 190 Å². The molecule has 0 spiro atoms. The molecule has 0 atom stereocenters. The van der Waals surface area contributed by atoms with Gasteiger partial charge in [0.25, 0.3) is 0 Å². The number of hydrogen-bond acceptors (Lipinski definition) is 2. The fourth-order valence-electron chi connectivity index (χ4n) is 5.05. The minimum atomic E-state index is -0.319. The number of nitrogens with one attached hydrogen (secondary N) is 1. The van der Waals surface area contributed by atoms with Crippen LogP contribution in [0.3, 0.4) is 0 Å². The van der Waals surface area contributed by atoms with Crippen LogP contribution in [0.4, 0.5) is 4.79 Å². The molecule has 0 saturated heterocycles. The van der Waals surface area contributed by atoms with E-state index in [0.717, 1.165) is 44.1 Å². The number of ether oxygens (including phenoxy) is 1. The van der Waals surface area contributed by atoms with Gasteiger partial charge in [0, 0.05) is 6.04 Å². The largest absolute Gasteiger partial charge is 0.445 e. The van der Waals surface area contributed by atoms with E-state index in [1.807, 2.05) is 30.3 Å². The zero-order valence-corrected chi connectivity index (χ0v) is 18.3. The highest BCUT2D eigenvalue weighted by molar-refractivity contribution is 5.86. The highest BCUT2D eigenvalue weighted by Crippen LogP contribution is 2.40. The molecule has 5 rings (SSSR count). The highest BCUT2D eigenvalue weighted by atomic mass is 16.5. The summed E-state index contributed by atoms with van der Waals surface area (Å²) in [6, 6.07) is 27.7. The van der Waals surface area contributed by atoms with Gasteiger partial charge in [0.1, 0.15) is 6.61 Å². The first-order valence-corrected chi connectivity index (χ1v) is 11.6. The third-order valence-corrected chi connectivity index (χ3v) is 6.71. The van der Waals surface area contributed by atoms with Crippen molar-refractivity contribution in [2.24, 2.45) is 0 Å². The van der Waals surface area contributed by atoms with E-state index in [-0.39, 0.29) is 12.1 Å². The molecule has 0 aromatic heterocycles. The Morgan fingerprint density at radius 1 is 0.750 bits per heavy atom. The maximum atomic E-state index is 12.3. The SMILES string of the molecule is O=C(NC1CCC(=C2c3ccccc3CCc3ccccc32)CC1)OCc1ccccc1. The minimum absolute atomic E-state index is 0.166. The van der Waals surface area contributed by atoms with Crippen molar-refractivity contribution < 1.29 is 9.53 Å². The average Bonchev–Trinajstić information content (AvgIpc) is 3.01. The van der Waals surface area contributed by atoms with Crippen LogP contribution in [-0.2, 0) is 24.2 Å². The van der Waals surface area contributed by atoms with Crippen molar-refractivity contribution >= 4 is 11.7 Å². The molecule has 3 aromatic carbocycles. The fraction of sp³-hybridized carbons (Fsp3) is 0.276. The summed E-state index contributed by atoms with van der Waals surface area (Å²) in [6.07, 6.45) is 5.75. The first kappa shape index (κ1) is 20.6. The van der Waals surface area contributed by atoms with Crippen LogP contribution in [0.1, 0.15) is 53.5 Å². The minimum Gasteiger partial charge on any atom is -0.445 e. The molecule has 32 heavy (non-hydrogen) atoms. The molecular formula is C29H29NO2. The topological polar surface area (TPSA) is 38.3 Å². The quantitative estimate of drug-likeness (QED) is 0.525. The molecule has 162 valence electrons. The molecule has 1 N–H and O–H groups in total. The lowest BCUT2D eigenvalue weighted by molar-refractivity contribution is 0.134. The van der Waals surface area contributed by atoms with Crippen molar-refractivity contribution in [3.63, 3.8) is 0 Å². The lowest BCUT2D eigenvalue weighted by Gasteiger charge is -2.27. The molecule has 1 saturated carbocycles. The van der Waals surface area contributed by atoms with Crippen LogP contribution in [0.15, 0.2) is 84.4 Å². The fourth-order valence-corrected chi connectivity index (χ4v) is 5.05. The number of hydrogen-bond donors (Lipinski definition) is 1. The number of benzene rings is 3. The molecule has 2 aliphatic carbocycles. The van der Waals surface area contributed by atoms with Gasteiger partial charge >= 0.3 is 6.09 Å². The number of alkyl carbamates (subject to hydrolysis) is 1. The third kappa shape index (κ3) is 4.47. The van der Waals surface area contributed by atoms with E-state index in [0.29, 0.717) is 6.61 Å². The maximum absolute atomic E-state index is 12.3. The van der Waals surface area contributed by atoms with Gasteiger partial charge in [-0.15, -0.1) is 0 Å². The van der Waals surface area contributed by atoms with Crippen molar-refractivity contribution in [2.45, 2.75) is 51.2 Å². The molecule has 0 unspecified atom stereocenters. The van der Waals surface area contributed by atoms with Crippen molar-refractivity contribution in [2.75, 3.05) is 0 Å². The van der Waals surface area contributed by atoms with Gasteiger partial charge in [-0.3, -0.25) is 0 Å². The molecule has 3 heteroatoms. The van der Waals surface area contributed by atoms with E-state index in [1.54, 1.807) is 0 Å². The zero-order valence-electron chi connectivity index (χ0n) is 18.3. The second-order valence-electron chi connectivity index (χ2n) is 8.77. The predicted molar refractivity (Wildman–Crippen MR) is 128 cm³/mol. The number of aryl methyl sites for hydroxylation is 2. The predicted octanol–water partition coefficient (Wildman–Crippen LogP) is 6.46. The summed E-state index contributed by atoms with van der Waals surface area (Å²) in [5, 5.41) is 3.08. The second-order valence-corrected chi connectivity index (χ2v) is 8.77. The van der Waals surface area contributed by atoms with E-state index in [9.17, 15) is 4.79 Å². The number of allylic oxidation sites excluding steroid dienone is 1. The summed E-state index contributed by atoms with van der Waals surface area (Å²) in [7, 11) is 0. The average molecular weight is 424 g/mol. The van der Waals surface area contributed by atoms with E-state index >= 15 is 0 Å². The normalized spacial score (nSPS) is 17.7. The molecule has 1 fully saturated rings. The van der Waals surface area contributed by atoms with Gasteiger partial charge < -0.3 is 10.1 Å². The van der Waals surface area contributed by atoms with Crippen LogP contribution >= 0.6 is 0 Å². The van der Waals surface area contributed by atoms with Crippen LogP contribution in [0.5, 0.6) is 0 Å². The molecule has 0 bridgehead atoms. The van der Waals surface area contributed by atoms with Crippen LogP contribution in [0, 0.1) is 0 Å². The van der Waals surface area contributed by atoms with E-state index < -0.39 is 0 Å². The van der Waals surface area contributed by atoms with E-state index in [1.165, 1.54) is 33.4 Å². The standard InChI is InChI=1S/C29H29NO2/c31-29(32-20-21-8-2-1-3-9-21)30-25-18-16-24(17-19-25)28-26-12-6-4-10-22(26)14-15-23-11-5-7-13-27(23)28/h1-13,25H,14-20H2,(H,30,31). The molecule has 3 aromatic rings. The van der Waals surface area contributed by atoms with Crippen molar-refractivity contribution in [3.8, 4) is 0 Å². The lowest BCUT2D eigenvalue weighted by atomic mass is 9.82. The van der Waals surface area contributed by atoms with E-state index in [2.05, 4.69) is 53.8 Å². The first-order valence-electron chi connectivity index (χ1n) is 11.6. The molecule has 1 amide bonds. The first-order chi connectivity index (χ1) is 15.8. The number of rotatable bonds is 3. The Kier molecular flexibility index (Phi) is 6.06. The number of fused-ring (bicyclic) bond motifs is 2. The smallest absolute Gasteiger partial charge is 0.407 e. The number of amides is 1. The van der Waals surface area contributed by atoms with Gasteiger partial charge in [-0.2, -0.15) is 0 Å². The summed E-state index contributed by atoms with van der Waals surface area (Å²) in [4.78, 5) is 12.3. The number of carbonyl (C=O) groups excluding carboxylic acids is 1. The monoisotopic (exact) mass is 423 g/mol. The van der Waals surface area contributed by atoms with Gasteiger partial charge in [-0.05, 0) is 71.9 Å². The Bertz CT molecular complexity index is 1070. The van der Waals surface area contributed by atoms with Gasteiger partial charge in [0.05, 0.1) is 0 Å². The Morgan fingerprint density at radius 3 is 1.94 bits per heavy atom. The Balaban J connectivity index is 1.30. The third-order valence-electron chi connectivity index (χ3n) is 6.71. The summed E-state index contributed by atoms with van der Waals surface area (Å²) in [5.41, 5.74) is 9.61. The maximum Gasteiger partial charge on any atom is 0.407 e. The van der Waals surface area contributed by atoms with Crippen molar-refractivity contribution in [1.29, 1.82) is 0 Å². The molecule has 0 aliphatic heterocycles. The molecule has 2 aliphatic rings. The Hall–Kier alpha value is -3.33. The van der Waals surface area contributed by atoms with Crippen molar-refractivity contribution in [1.82, 2.24) is 5.32 Å². The molecule has 0 heterocycles. The lowest BCUT2D eigenvalue weighted by Crippen LogP contribution is -2.37. The summed E-state index contributed by atoms with van der Waals surface area (Å²) >= 11 is 0. The summed E-state index contributed by atoms with van der Waals surface area (Å²) in [6.45, 7) is 0.308. The zero-order chi connectivity index (χ0) is 21.8. The van der Waals surface area contributed by atoms with Crippen LogP contribution < -0.4 is 5.32 Å². The van der Waals surface area contributed by atoms with Gasteiger partial charge in [-0.25, -0.2) is 4.79 Å². The highest BCUT2D eigenvalue weighted by Gasteiger charge is 2.25. The van der Waals surface area contributed by atoms with Crippen LogP contribution in [0.25, 0.3) is 5.57 Å². The Morgan fingerprint density at radius 2 is 1.31 bits per heavy atom. The molecule has 3 nitrogen and oxygen atoms in total. The summed E-state index contributed by atoms with van der Waals surface area (Å²) < 4.78 is 5.42.